The molecular formula is C9H8ClNO4. The topological polar surface area (TPSA) is 69.4 Å². The highest BCUT2D eigenvalue weighted by molar-refractivity contribution is 6.32. The minimum Gasteiger partial charge on any atom is -0.469 e. The maximum Gasteiger partial charge on any atom is 0.309 e. The van der Waals surface area contributed by atoms with Gasteiger partial charge in [0.2, 0.25) is 0 Å². The third-order valence-corrected chi connectivity index (χ3v) is 2.10. The lowest BCUT2D eigenvalue weighted by Gasteiger charge is -2.00. The Morgan fingerprint density at radius 1 is 1.60 bits per heavy atom. The van der Waals surface area contributed by atoms with E-state index in [9.17, 15) is 14.9 Å². The Morgan fingerprint density at radius 2 is 2.27 bits per heavy atom. The molecule has 0 heterocycles. The highest BCUT2D eigenvalue weighted by atomic mass is 35.5. The quantitative estimate of drug-likeness (QED) is 0.451. The van der Waals surface area contributed by atoms with Crippen molar-refractivity contribution in [3.63, 3.8) is 0 Å². The Balaban J connectivity index is 2.97. The van der Waals surface area contributed by atoms with Gasteiger partial charge in [-0.05, 0) is 11.6 Å². The van der Waals surface area contributed by atoms with Crippen LogP contribution in [0.15, 0.2) is 18.2 Å². The molecule has 0 saturated heterocycles. The number of carbonyl (C=O) groups is 1. The number of hydrogen-bond donors (Lipinski definition) is 0. The zero-order valence-electron chi connectivity index (χ0n) is 7.90. The van der Waals surface area contributed by atoms with E-state index in [1.54, 1.807) is 6.07 Å². The molecule has 6 heteroatoms. The number of halogens is 1. The summed E-state index contributed by atoms with van der Waals surface area (Å²) < 4.78 is 4.44. The number of methoxy groups -OCH3 is 1. The number of carbonyl (C=O) groups excluding carboxylic acids is 1. The first-order valence-electron chi connectivity index (χ1n) is 4.04. The first-order valence-corrected chi connectivity index (χ1v) is 4.42. The normalized spacial score (nSPS) is 9.73. The molecule has 80 valence electrons. The van der Waals surface area contributed by atoms with Crippen molar-refractivity contribution in [2.75, 3.05) is 7.11 Å². The van der Waals surface area contributed by atoms with E-state index in [1.165, 1.54) is 19.2 Å². The summed E-state index contributed by atoms with van der Waals surface area (Å²) in [6.07, 6.45) is -0.00545. The van der Waals surface area contributed by atoms with Crippen LogP contribution in [0.3, 0.4) is 0 Å². The second-order valence-corrected chi connectivity index (χ2v) is 3.20. The summed E-state index contributed by atoms with van der Waals surface area (Å²) in [6, 6.07) is 4.20. The molecule has 0 saturated carbocycles. The second-order valence-electron chi connectivity index (χ2n) is 2.80. The molecule has 0 unspecified atom stereocenters. The molecule has 1 aromatic rings. The van der Waals surface area contributed by atoms with Crippen LogP contribution in [-0.4, -0.2) is 18.0 Å². The molecule has 5 nitrogen and oxygen atoms in total. The van der Waals surface area contributed by atoms with Crippen LogP contribution in [0.1, 0.15) is 5.56 Å². The van der Waals surface area contributed by atoms with Gasteiger partial charge in [-0.3, -0.25) is 14.9 Å². The van der Waals surface area contributed by atoms with Gasteiger partial charge >= 0.3 is 5.97 Å². The van der Waals surface area contributed by atoms with Crippen molar-refractivity contribution in [1.29, 1.82) is 0 Å². The number of esters is 1. The number of nitrogens with zero attached hydrogens (tertiary/aromatic N) is 1. The van der Waals surface area contributed by atoms with Crippen molar-refractivity contribution in [3.8, 4) is 0 Å². The van der Waals surface area contributed by atoms with E-state index in [1.807, 2.05) is 0 Å². The molecule has 0 bridgehead atoms. The lowest BCUT2D eigenvalue weighted by atomic mass is 10.1. The van der Waals surface area contributed by atoms with Gasteiger partial charge in [0.1, 0.15) is 5.02 Å². The Morgan fingerprint density at radius 3 is 2.80 bits per heavy atom. The van der Waals surface area contributed by atoms with E-state index < -0.39 is 10.9 Å². The van der Waals surface area contributed by atoms with Crippen LogP contribution < -0.4 is 0 Å². The molecule has 0 aliphatic heterocycles. The largest absolute Gasteiger partial charge is 0.469 e. The Labute approximate surface area is 90.8 Å². The summed E-state index contributed by atoms with van der Waals surface area (Å²) in [5, 5.41) is 10.6. The lowest BCUT2D eigenvalue weighted by Crippen LogP contribution is -2.04. The van der Waals surface area contributed by atoms with Gasteiger partial charge < -0.3 is 4.74 Å². The van der Waals surface area contributed by atoms with Crippen LogP contribution in [0.5, 0.6) is 0 Å². The van der Waals surface area contributed by atoms with E-state index in [2.05, 4.69) is 4.74 Å². The predicted octanol–water partition coefficient (Wildman–Crippen LogP) is 1.96. The first-order chi connectivity index (χ1) is 7.04. The number of ether oxygens (including phenoxy) is 1. The van der Waals surface area contributed by atoms with Gasteiger partial charge in [0.15, 0.2) is 0 Å². The molecule has 1 rings (SSSR count). The van der Waals surface area contributed by atoms with Crippen LogP contribution >= 0.6 is 11.6 Å². The SMILES string of the molecule is COC(=O)Cc1ccc(Cl)c([N+](=O)[O-])c1. The molecular weight excluding hydrogens is 222 g/mol. The zero-order valence-corrected chi connectivity index (χ0v) is 8.65. The molecule has 0 aliphatic rings. The molecule has 1 aromatic carbocycles. The van der Waals surface area contributed by atoms with Gasteiger partial charge in [-0.2, -0.15) is 0 Å². The maximum atomic E-state index is 10.9. The minimum absolute atomic E-state index is 0.00545. The third-order valence-electron chi connectivity index (χ3n) is 1.78. The zero-order chi connectivity index (χ0) is 11.4. The van der Waals surface area contributed by atoms with Crippen molar-refractivity contribution in [2.24, 2.45) is 0 Å². The van der Waals surface area contributed by atoms with Crippen LogP contribution in [0.2, 0.25) is 5.02 Å². The average molecular weight is 230 g/mol. The third kappa shape index (κ3) is 2.92. The maximum absolute atomic E-state index is 10.9. The van der Waals surface area contributed by atoms with Gasteiger partial charge in [0.05, 0.1) is 18.5 Å². The van der Waals surface area contributed by atoms with Gasteiger partial charge in [-0.15, -0.1) is 0 Å². The van der Waals surface area contributed by atoms with Crippen LogP contribution in [-0.2, 0) is 16.0 Å². The lowest BCUT2D eigenvalue weighted by molar-refractivity contribution is -0.384. The molecule has 15 heavy (non-hydrogen) atoms. The molecule has 0 aromatic heterocycles. The van der Waals surface area contributed by atoms with Crippen molar-refractivity contribution in [2.45, 2.75) is 6.42 Å². The van der Waals surface area contributed by atoms with Gasteiger partial charge in [0, 0.05) is 6.07 Å². The summed E-state index contributed by atoms with van der Waals surface area (Å²) in [4.78, 5) is 20.9. The summed E-state index contributed by atoms with van der Waals surface area (Å²) in [7, 11) is 1.26. The summed E-state index contributed by atoms with van der Waals surface area (Å²) in [5.41, 5.74) is 0.288. The van der Waals surface area contributed by atoms with Crippen molar-refractivity contribution in [1.82, 2.24) is 0 Å². The molecule has 0 aliphatic carbocycles. The summed E-state index contributed by atoms with van der Waals surface area (Å²) >= 11 is 5.60. The molecule has 0 radical (unpaired) electrons. The van der Waals surface area contributed by atoms with E-state index in [4.69, 9.17) is 11.6 Å². The van der Waals surface area contributed by atoms with Crippen LogP contribution in [0.4, 0.5) is 5.69 Å². The molecule has 0 amide bonds. The standard InChI is InChI=1S/C9H8ClNO4/c1-15-9(12)5-6-2-3-7(10)8(4-6)11(13)14/h2-4H,5H2,1H3. The van der Waals surface area contributed by atoms with Crippen LogP contribution in [0.25, 0.3) is 0 Å². The fourth-order valence-corrected chi connectivity index (χ4v) is 1.23. The molecule has 0 N–H and O–H groups in total. The number of hydrogen-bond acceptors (Lipinski definition) is 4. The van der Waals surface area contributed by atoms with Crippen molar-refractivity contribution < 1.29 is 14.5 Å². The van der Waals surface area contributed by atoms with E-state index in [0.717, 1.165) is 0 Å². The number of nitro benzene ring substituents is 1. The molecule has 0 spiro atoms. The smallest absolute Gasteiger partial charge is 0.309 e. The van der Waals surface area contributed by atoms with Gasteiger partial charge in [-0.25, -0.2) is 0 Å². The van der Waals surface area contributed by atoms with Gasteiger partial charge in [-0.1, -0.05) is 17.7 Å². The van der Waals surface area contributed by atoms with Gasteiger partial charge in [0.25, 0.3) is 5.69 Å². The fraction of sp³-hybridized carbons (Fsp3) is 0.222. The van der Waals surface area contributed by atoms with Crippen molar-refractivity contribution in [3.05, 3.63) is 38.9 Å². The Kier molecular flexibility index (Phi) is 3.62. The average Bonchev–Trinajstić information content (AvgIpc) is 2.20. The van der Waals surface area contributed by atoms with E-state index >= 15 is 0 Å². The monoisotopic (exact) mass is 229 g/mol. The van der Waals surface area contributed by atoms with Crippen LogP contribution in [0, 0.1) is 10.1 Å². The highest BCUT2D eigenvalue weighted by Gasteiger charge is 2.14. The van der Waals surface area contributed by atoms with E-state index in [0.29, 0.717) is 5.56 Å². The molecule has 0 fully saturated rings. The second kappa shape index (κ2) is 4.75. The highest BCUT2D eigenvalue weighted by Crippen LogP contribution is 2.25. The fourth-order valence-electron chi connectivity index (χ4n) is 1.05. The minimum atomic E-state index is -0.594. The first kappa shape index (κ1) is 11.5. The summed E-state index contributed by atoms with van der Waals surface area (Å²) in [6.45, 7) is 0. The Hall–Kier alpha value is -1.62. The number of nitro groups is 1. The van der Waals surface area contributed by atoms with E-state index in [-0.39, 0.29) is 17.1 Å². The number of rotatable bonds is 3. The van der Waals surface area contributed by atoms with Crippen molar-refractivity contribution >= 4 is 23.3 Å². The predicted molar refractivity (Wildman–Crippen MR) is 53.8 cm³/mol. The Bertz CT molecular complexity index is 405. The number of benzene rings is 1. The summed E-state index contributed by atoms with van der Waals surface area (Å²) in [5.74, 6) is -0.452. The molecule has 0 atom stereocenters.